The number of hydrogen-bond acceptors (Lipinski definition) is 3. The number of aliphatic imine (C=N–C) groups is 1. The Morgan fingerprint density at radius 3 is 2.48 bits per heavy atom. The molecule has 25 heavy (non-hydrogen) atoms. The molecule has 136 valence electrons. The molecule has 0 unspecified atom stereocenters. The number of rotatable bonds is 8. The van der Waals surface area contributed by atoms with Crippen molar-refractivity contribution in [3.05, 3.63) is 65.5 Å². The highest BCUT2D eigenvalue weighted by molar-refractivity contribution is 14.0. The molecule has 6 heteroatoms. The van der Waals surface area contributed by atoms with Crippen LogP contribution in [0.2, 0.25) is 0 Å². The van der Waals surface area contributed by atoms with Gasteiger partial charge in [-0.15, -0.1) is 24.0 Å². The van der Waals surface area contributed by atoms with Crippen molar-refractivity contribution in [2.45, 2.75) is 20.0 Å². The van der Waals surface area contributed by atoms with Crippen LogP contribution in [0.1, 0.15) is 16.8 Å². The molecule has 1 aromatic heterocycles. The lowest BCUT2D eigenvalue weighted by Gasteiger charge is -2.12. The minimum absolute atomic E-state index is 0. The van der Waals surface area contributed by atoms with Crippen LogP contribution in [0.4, 0.5) is 0 Å². The van der Waals surface area contributed by atoms with Crippen LogP contribution in [0.5, 0.6) is 0 Å². The molecular formula is C19H27IN4O. The summed E-state index contributed by atoms with van der Waals surface area (Å²) in [6, 6.07) is 14.3. The summed E-state index contributed by atoms with van der Waals surface area (Å²) >= 11 is 0. The van der Waals surface area contributed by atoms with E-state index in [-0.39, 0.29) is 24.0 Å². The average Bonchev–Trinajstić information content (AvgIpc) is 2.62. The Kier molecular flexibility index (Phi) is 10.8. The van der Waals surface area contributed by atoms with E-state index in [1.165, 1.54) is 11.1 Å². The maximum absolute atomic E-state index is 5.65. The summed E-state index contributed by atoms with van der Waals surface area (Å²) in [5, 5.41) is 6.55. The van der Waals surface area contributed by atoms with Gasteiger partial charge in [-0.25, -0.2) is 0 Å². The zero-order chi connectivity index (χ0) is 17.0. The fourth-order valence-corrected chi connectivity index (χ4v) is 2.20. The average molecular weight is 454 g/mol. The van der Waals surface area contributed by atoms with Crippen molar-refractivity contribution in [1.29, 1.82) is 0 Å². The first-order chi connectivity index (χ1) is 11.8. The van der Waals surface area contributed by atoms with E-state index in [2.05, 4.69) is 38.8 Å². The van der Waals surface area contributed by atoms with Crippen molar-refractivity contribution in [2.24, 2.45) is 4.99 Å². The number of nitrogens with one attached hydrogen (secondary N) is 2. The van der Waals surface area contributed by atoms with Gasteiger partial charge in [-0.2, -0.15) is 0 Å². The molecule has 2 N–H and O–H groups in total. The van der Waals surface area contributed by atoms with Crippen molar-refractivity contribution in [3.63, 3.8) is 0 Å². The van der Waals surface area contributed by atoms with Crippen LogP contribution in [-0.2, 0) is 17.8 Å². The summed E-state index contributed by atoms with van der Waals surface area (Å²) in [4.78, 5) is 8.51. The number of nitrogens with zero attached hydrogens (tertiary/aromatic N) is 2. The van der Waals surface area contributed by atoms with E-state index in [0.717, 1.165) is 31.2 Å². The van der Waals surface area contributed by atoms with E-state index in [1.807, 2.05) is 37.4 Å². The van der Waals surface area contributed by atoms with Crippen LogP contribution in [0.3, 0.4) is 0 Å². The van der Waals surface area contributed by atoms with E-state index in [4.69, 9.17) is 4.74 Å². The maximum Gasteiger partial charge on any atom is 0.191 e. The molecule has 0 fully saturated rings. The highest BCUT2D eigenvalue weighted by atomic mass is 127. The topological polar surface area (TPSA) is 58.5 Å². The number of benzene rings is 1. The molecule has 1 aromatic carbocycles. The number of ether oxygens (including phenoxy) is 1. The molecule has 0 atom stereocenters. The Labute approximate surface area is 167 Å². The molecule has 0 aliphatic carbocycles. The second-order valence-electron chi connectivity index (χ2n) is 5.52. The molecule has 0 bridgehead atoms. The Balaban J connectivity index is 0.00000312. The Morgan fingerprint density at radius 1 is 1.04 bits per heavy atom. The van der Waals surface area contributed by atoms with Crippen molar-refractivity contribution < 1.29 is 4.74 Å². The third kappa shape index (κ3) is 8.83. The summed E-state index contributed by atoms with van der Waals surface area (Å²) in [6.07, 6.45) is 2.84. The molecule has 0 saturated heterocycles. The molecule has 2 rings (SSSR count). The van der Waals surface area contributed by atoms with Crippen LogP contribution in [0, 0.1) is 6.92 Å². The minimum atomic E-state index is 0. The summed E-state index contributed by atoms with van der Waals surface area (Å²) in [5.41, 5.74) is 3.45. The molecular weight excluding hydrogens is 427 g/mol. The largest absolute Gasteiger partial charge is 0.375 e. The van der Waals surface area contributed by atoms with Crippen LogP contribution >= 0.6 is 24.0 Å². The van der Waals surface area contributed by atoms with Crippen molar-refractivity contribution >= 4 is 29.9 Å². The van der Waals surface area contributed by atoms with Crippen LogP contribution < -0.4 is 10.6 Å². The Hall–Kier alpha value is -1.67. The lowest BCUT2D eigenvalue weighted by atomic mass is 10.2. The van der Waals surface area contributed by atoms with Gasteiger partial charge in [0.2, 0.25) is 0 Å². The first-order valence-corrected chi connectivity index (χ1v) is 8.25. The molecule has 0 aliphatic heterocycles. The van der Waals surface area contributed by atoms with Gasteiger partial charge in [-0.3, -0.25) is 9.98 Å². The predicted molar refractivity (Wildman–Crippen MR) is 114 cm³/mol. The number of aryl methyl sites for hydroxylation is 1. The highest BCUT2D eigenvalue weighted by Gasteiger charge is 1.98. The van der Waals surface area contributed by atoms with E-state index in [0.29, 0.717) is 13.2 Å². The standard InChI is InChI=1S/C19H26N4O.HI/c1-16-8-9-17(14-23-16)10-11-21-19(20-2)22-12-13-24-15-18-6-4-3-5-7-18;/h3-9,14H,10-13,15H2,1-2H3,(H2,20,21,22);1H. The maximum atomic E-state index is 5.65. The third-order valence-electron chi connectivity index (χ3n) is 3.55. The Bertz CT molecular complexity index is 617. The van der Waals surface area contributed by atoms with E-state index < -0.39 is 0 Å². The highest BCUT2D eigenvalue weighted by Crippen LogP contribution is 2.00. The smallest absolute Gasteiger partial charge is 0.191 e. The molecule has 0 saturated carbocycles. The van der Waals surface area contributed by atoms with E-state index in [1.54, 1.807) is 7.05 Å². The summed E-state index contributed by atoms with van der Waals surface area (Å²) < 4.78 is 5.65. The van der Waals surface area contributed by atoms with Crippen molar-refractivity contribution in [3.8, 4) is 0 Å². The second kappa shape index (κ2) is 12.7. The lowest BCUT2D eigenvalue weighted by molar-refractivity contribution is 0.125. The molecule has 0 radical (unpaired) electrons. The molecule has 0 spiro atoms. The first-order valence-electron chi connectivity index (χ1n) is 8.25. The van der Waals surface area contributed by atoms with Gasteiger partial charge in [-0.1, -0.05) is 36.4 Å². The van der Waals surface area contributed by atoms with Crippen LogP contribution in [0.25, 0.3) is 0 Å². The number of halogens is 1. The lowest BCUT2D eigenvalue weighted by Crippen LogP contribution is -2.39. The Morgan fingerprint density at radius 2 is 1.80 bits per heavy atom. The molecule has 1 heterocycles. The number of guanidine groups is 1. The molecule has 2 aromatic rings. The molecule has 0 aliphatic rings. The van der Waals surface area contributed by atoms with Crippen molar-refractivity contribution in [1.82, 2.24) is 15.6 Å². The van der Waals surface area contributed by atoms with Gasteiger partial charge in [0.05, 0.1) is 13.2 Å². The fourth-order valence-electron chi connectivity index (χ4n) is 2.20. The van der Waals surface area contributed by atoms with Gasteiger partial charge in [0, 0.05) is 32.0 Å². The third-order valence-corrected chi connectivity index (χ3v) is 3.55. The summed E-state index contributed by atoms with van der Waals surface area (Å²) in [6.45, 7) is 4.80. The van der Waals surface area contributed by atoms with Gasteiger partial charge in [-0.05, 0) is 30.5 Å². The van der Waals surface area contributed by atoms with Gasteiger partial charge in [0.15, 0.2) is 5.96 Å². The quantitative estimate of drug-likeness (QED) is 0.279. The first kappa shape index (κ1) is 21.4. The second-order valence-corrected chi connectivity index (χ2v) is 5.52. The zero-order valence-electron chi connectivity index (χ0n) is 14.9. The minimum Gasteiger partial charge on any atom is -0.375 e. The van der Waals surface area contributed by atoms with Crippen LogP contribution in [-0.4, -0.2) is 37.7 Å². The zero-order valence-corrected chi connectivity index (χ0v) is 17.2. The summed E-state index contributed by atoms with van der Waals surface area (Å²) in [5.74, 6) is 0.790. The van der Waals surface area contributed by atoms with Crippen LogP contribution in [0.15, 0.2) is 53.7 Å². The normalized spacial score (nSPS) is 10.9. The van der Waals surface area contributed by atoms with Gasteiger partial charge >= 0.3 is 0 Å². The fraction of sp³-hybridized carbons (Fsp3) is 0.368. The number of pyridine rings is 1. The summed E-state index contributed by atoms with van der Waals surface area (Å²) in [7, 11) is 1.77. The van der Waals surface area contributed by atoms with Gasteiger partial charge in [0.1, 0.15) is 0 Å². The van der Waals surface area contributed by atoms with Gasteiger partial charge in [0.25, 0.3) is 0 Å². The van der Waals surface area contributed by atoms with Crippen molar-refractivity contribution in [2.75, 3.05) is 26.7 Å². The predicted octanol–water partition coefficient (Wildman–Crippen LogP) is 2.93. The SMILES string of the molecule is CN=C(NCCOCc1ccccc1)NCCc1ccc(C)nc1.I. The monoisotopic (exact) mass is 454 g/mol. The van der Waals surface area contributed by atoms with E-state index in [9.17, 15) is 0 Å². The van der Waals surface area contributed by atoms with E-state index >= 15 is 0 Å². The number of aromatic nitrogens is 1. The molecule has 5 nitrogen and oxygen atoms in total. The van der Waals surface area contributed by atoms with Gasteiger partial charge < -0.3 is 15.4 Å². The number of hydrogen-bond donors (Lipinski definition) is 2. The molecule has 0 amide bonds.